The van der Waals surface area contributed by atoms with Crippen molar-refractivity contribution in [3.63, 3.8) is 0 Å². The average Bonchev–Trinajstić information content (AvgIpc) is 3.06. The summed E-state index contributed by atoms with van der Waals surface area (Å²) in [7, 11) is 0. The van der Waals surface area contributed by atoms with Crippen LogP contribution in [0.15, 0.2) is 28.1 Å². The number of ether oxygens (including phenoxy) is 2. The van der Waals surface area contributed by atoms with Gasteiger partial charge in [0, 0.05) is 22.8 Å². The van der Waals surface area contributed by atoms with Gasteiger partial charge in [0.15, 0.2) is 0 Å². The second-order valence-corrected chi connectivity index (χ2v) is 7.92. The number of carbonyl (C=O) groups is 2. The Morgan fingerprint density at radius 3 is 1.17 bits per heavy atom. The van der Waals surface area contributed by atoms with Crippen LogP contribution >= 0.6 is 31.9 Å². The second kappa shape index (κ2) is 8.26. The molecule has 0 fully saturated rings. The molecule has 30 heavy (non-hydrogen) atoms. The van der Waals surface area contributed by atoms with Crippen molar-refractivity contribution in [3.05, 3.63) is 50.4 Å². The highest BCUT2D eigenvalue weighted by Gasteiger charge is 2.27. The molecule has 0 aliphatic carbocycles. The number of fused-ring (bicyclic) bond motifs is 2. The van der Waals surface area contributed by atoms with Gasteiger partial charge in [-0.1, -0.05) is 0 Å². The average molecular weight is 546 g/mol. The molecule has 0 amide bonds. The number of halogens is 2. The Morgan fingerprint density at radius 2 is 0.933 bits per heavy atom. The number of rotatable bonds is 6. The fourth-order valence-corrected chi connectivity index (χ4v) is 4.66. The summed E-state index contributed by atoms with van der Waals surface area (Å²) in [4.78, 5) is 73.1. The lowest BCUT2D eigenvalue weighted by Crippen LogP contribution is -2.28. The standard InChI is InChI=1S/C18H14Br2N2O8/c1-7(23)29-5-3-21-15(25)9-10(16(21)26)14(20)12-11(13(9)19)17(27)22(18(12)28)4-6-30-8(2)24/h3-6H2,1-2H3. The van der Waals surface area contributed by atoms with E-state index in [1.54, 1.807) is 0 Å². The van der Waals surface area contributed by atoms with Crippen LogP contribution in [-0.4, -0.2) is 34.3 Å². The first-order chi connectivity index (χ1) is 14.1. The maximum Gasteiger partial charge on any atom is 0.302 e. The number of benzene rings is 1. The van der Waals surface area contributed by atoms with Crippen LogP contribution in [0.3, 0.4) is 0 Å². The van der Waals surface area contributed by atoms with Gasteiger partial charge in [0.25, 0.3) is 22.2 Å². The highest BCUT2D eigenvalue weighted by molar-refractivity contribution is 9.11. The molecule has 0 saturated heterocycles. The highest BCUT2D eigenvalue weighted by Crippen LogP contribution is 2.33. The van der Waals surface area contributed by atoms with Crippen molar-refractivity contribution in [1.29, 1.82) is 0 Å². The molecule has 3 rings (SSSR count). The molecular formula is C18H14Br2N2O8. The normalized spacial score (nSPS) is 11.3. The number of hydrogen-bond donors (Lipinski definition) is 0. The first kappa shape index (κ1) is 22.1. The van der Waals surface area contributed by atoms with Crippen molar-refractivity contribution in [2.45, 2.75) is 26.9 Å². The van der Waals surface area contributed by atoms with Gasteiger partial charge in [-0.25, -0.2) is 0 Å². The quantitative estimate of drug-likeness (QED) is 0.411. The van der Waals surface area contributed by atoms with Crippen molar-refractivity contribution >= 4 is 65.3 Å². The zero-order valence-electron chi connectivity index (χ0n) is 15.7. The van der Waals surface area contributed by atoms with E-state index in [1.165, 1.54) is 13.8 Å². The number of hydrogen-bond acceptors (Lipinski definition) is 8. The molecule has 2 heterocycles. The summed E-state index contributed by atoms with van der Waals surface area (Å²) in [6.07, 6.45) is 0. The zero-order chi connectivity index (χ0) is 22.3. The second-order valence-electron chi connectivity index (χ2n) is 6.33. The van der Waals surface area contributed by atoms with Crippen LogP contribution in [0.1, 0.15) is 13.8 Å². The van der Waals surface area contributed by atoms with Crippen molar-refractivity contribution in [2.75, 3.05) is 13.2 Å². The molecule has 12 heteroatoms. The maximum absolute atomic E-state index is 12.8. The van der Waals surface area contributed by atoms with Gasteiger partial charge < -0.3 is 9.47 Å². The third-order valence-electron chi connectivity index (χ3n) is 4.45. The van der Waals surface area contributed by atoms with Gasteiger partial charge in [-0.05, 0) is 31.9 Å². The van der Waals surface area contributed by atoms with Crippen LogP contribution in [0.2, 0.25) is 0 Å². The molecule has 2 aromatic heterocycles. The number of aromatic nitrogens is 2. The topological polar surface area (TPSA) is 131 Å². The first-order valence-electron chi connectivity index (χ1n) is 8.62. The number of esters is 2. The van der Waals surface area contributed by atoms with E-state index in [-0.39, 0.29) is 56.8 Å². The smallest absolute Gasteiger partial charge is 0.302 e. The molecule has 0 radical (unpaired) electrons. The van der Waals surface area contributed by atoms with Crippen LogP contribution in [0.5, 0.6) is 0 Å². The summed E-state index contributed by atoms with van der Waals surface area (Å²) in [5.74, 6) is -1.11. The van der Waals surface area contributed by atoms with Gasteiger partial charge in [-0.15, -0.1) is 0 Å². The minimum Gasteiger partial charge on any atom is -0.464 e. The maximum atomic E-state index is 12.8. The van der Waals surface area contributed by atoms with Gasteiger partial charge >= 0.3 is 11.9 Å². The van der Waals surface area contributed by atoms with Crippen LogP contribution in [-0.2, 0) is 32.2 Å². The Labute approximate surface area is 183 Å². The number of nitrogens with zero attached hydrogens (tertiary/aromatic N) is 2. The summed E-state index contributed by atoms with van der Waals surface area (Å²) in [6, 6.07) is 0. The molecule has 0 spiro atoms. The summed E-state index contributed by atoms with van der Waals surface area (Å²) >= 11 is 6.40. The Morgan fingerprint density at radius 1 is 0.667 bits per heavy atom. The Bertz CT molecular complexity index is 1220. The molecule has 0 atom stereocenters. The van der Waals surface area contributed by atoms with Crippen molar-refractivity contribution < 1.29 is 19.1 Å². The van der Waals surface area contributed by atoms with Crippen molar-refractivity contribution in [2.24, 2.45) is 0 Å². The van der Waals surface area contributed by atoms with E-state index in [9.17, 15) is 28.8 Å². The lowest BCUT2D eigenvalue weighted by Gasteiger charge is -2.01. The molecule has 3 aromatic rings. The summed E-state index contributed by atoms with van der Waals surface area (Å²) in [5, 5.41) is -0.235. The van der Waals surface area contributed by atoms with Crippen LogP contribution in [0.4, 0.5) is 0 Å². The Hall–Kier alpha value is -2.60. The molecule has 1 aromatic carbocycles. The van der Waals surface area contributed by atoms with Gasteiger partial charge in [-0.3, -0.25) is 37.9 Å². The van der Waals surface area contributed by atoms with Gasteiger partial charge in [0.05, 0.1) is 34.6 Å². The molecule has 0 aliphatic rings. The Kier molecular flexibility index (Phi) is 6.09. The molecular weight excluding hydrogens is 532 g/mol. The van der Waals surface area contributed by atoms with Crippen LogP contribution in [0.25, 0.3) is 21.5 Å². The summed E-state index contributed by atoms with van der Waals surface area (Å²) in [6.45, 7) is 1.68. The fraction of sp³-hybridized carbons (Fsp3) is 0.333. The zero-order valence-corrected chi connectivity index (χ0v) is 18.9. The molecule has 10 nitrogen and oxygen atoms in total. The molecule has 0 unspecified atom stereocenters. The third kappa shape index (κ3) is 3.54. The monoisotopic (exact) mass is 544 g/mol. The minimum atomic E-state index is -0.684. The van der Waals surface area contributed by atoms with Crippen molar-refractivity contribution in [3.8, 4) is 0 Å². The molecule has 158 valence electrons. The van der Waals surface area contributed by atoms with Gasteiger partial charge in [0.2, 0.25) is 0 Å². The number of carbonyl (C=O) groups excluding carboxylic acids is 2. The summed E-state index contributed by atoms with van der Waals surface area (Å²) < 4.78 is 11.4. The van der Waals surface area contributed by atoms with E-state index >= 15 is 0 Å². The van der Waals surface area contributed by atoms with E-state index in [4.69, 9.17) is 9.47 Å². The van der Waals surface area contributed by atoms with Crippen molar-refractivity contribution in [1.82, 2.24) is 9.13 Å². The van der Waals surface area contributed by atoms with E-state index < -0.39 is 34.2 Å². The SMILES string of the molecule is CC(=O)OCCn1c(=O)c2c(Br)c3c(=O)n(CCOC(C)=O)c(=O)c3c(Br)c2c1=O. The molecule has 0 saturated carbocycles. The van der Waals surface area contributed by atoms with Gasteiger partial charge in [-0.2, -0.15) is 0 Å². The summed E-state index contributed by atoms with van der Waals surface area (Å²) in [5.41, 5.74) is -2.74. The molecule has 0 aliphatic heterocycles. The molecule has 0 bridgehead atoms. The lowest BCUT2D eigenvalue weighted by atomic mass is 10.1. The molecule has 0 N–H and O–H groups in total. The lowest BCUT2D eigenvalue weighted by molar-refractivity contribution is -0.142. The Balaban J connectivity index is 2.25. The largest absolute Gasteiger partial charge is 0.464 e. The van der Waals surface area contributed by atoms with E-state index in [1.807, 2.05) is 0 Å². The fourth-order valence-electron chi connectivity index (χ4n) is 3.18. The predicted octanol–water partition coefficient (Wildman–Crippen LogP) is 0.564. The highest BCUT2D eigenvalue weighted by atomic mass is 79.9. The van der Waals surface area contributed by atoms with Crippen LogP contribution in [0, 0.1) is 0 Å². The van der Waals surface area contributed by atoms with E-state index in [0.717, 1.165) is 9.13 Å². The van der Waals surface area contributed by atoms with Crippen LogP contribution < -0.4 is 22.2 Å². The van der Waals surface area contributed by atoms with E-state index in [2.05, 4.69) is 31.9 Å². The third-order valence-corrected chi connectivity index (χ3v) is 6.04. The van der Waals surface area contributed by atoms with Gasteiger partial charge in [0.1, 0.15) is 13.2 Å². The predicted molar refractivity (Wildman–Crippen MR) is 114 cm³/mol. The first-order valence-corrected chi connectivity index (χ1v) is 10.2. The minimum absolute atomic E-state index is 0.0253. The van der Waals surface area contributed by atoms with E-state index in [0.29, 0.717) is 0 Å².